The van der Waals surface area contributed by atoms with Crippen molar-refractivity contribution in [3.8, 4) is 0 Å². The van der Waals surface area contributed by atoms with Crippen LogP contribution in [0, 0.1) is 5.41 Å². The molecule has 1 aromatic rings. The van der Waals surface area contributed by atoms with Crippen LogP contribution in [0.2, 0.25) is 0 Å². The Hall–Kier alpha value is -1.67. The molecule has 7 nitrogen and oxygen atoms in total. The zero-order chi connectivity index (χ0) is 16.9. The molecule has 1 aliphatic carbocycles. The molecular weight excluding hydrogens is 328 g/mol. The molecule has 1 saturated heterocycles. The van der Waals surface area contributed by atoms with Crippen LogP contribution in [0.25, 0.3) is 0 Å². The van der Waals surface area contributed by atoms with E-state index in [4.69, 9.17) is 0 Å². The minimum atomic E-state index is -1.31. The van der Waals surface area contributed by atoms with Crippen molar-refractivity contribution in [3.63, 3.8) is 0 Å². The van der Waals surface area contributed by atoms with Gasteiger partial charge in [-0.25, -0.2) is 0 Å². The Morgan fingerprint density at radius 3 is 2.75 bits per heavy atom. The first-order valence-electron chi connectivity index (χ1n) is 8.34. The van der Waals surface area contributed by atoms with Crippen LogP contribution in [0.1, 0.15) is 37.7 Å². The van der Waals surface area contributed by atoms with Crippen molar-refractivity contribution in [2.45, 2.75) is 49.7 Å². The van der Waals surface area contributed by atoms with E-state index in [0.29, 0.717) is 25.2 Å². The molecule has 0 aromatic carbocycles. The third-order valence-corrected chi connectivity index (χ3v) is 6.10. The van der Waals surface area contributed by atoms with E-state index < -0.39 is 16.6 Å². The first-order valence-corrected chi connectivity index (χ1v) is 9.90. The van der Waals surface area contributed by atoms with Gasteiger partial charge in [-0.2, -0.15) is 9.97 Å². The molecule has 2 aliphatic heterocycles. The van der Waals surface area contributed by atoms with Crippen molar-refractivity contribution >= 4 is 28.8 Å². The zero-order valence-electron chi connectivity index (χ0n) is 13.6. The molecule has 2 fully saturated rings. The highest BCUT2D eigenvalue weighted by Gasteiger charge is 2.56. The van der Waals surface area contributed by atoms with Crippen LogP contribution in [-0.4, -0.2) is 45.2 Å². The van der Waals surface area contributed by atoms with Gasteiger partial charge in [-0.1, -0.05) is 12.8 Å². The minimum Gasteiger partial charge on any atom is -0.609 e. The Labute approximate surface area is 143 Å². The molecule has 24 heavy (non-hydrogen) atoms. The summed E-state index contributed by atoms with van der Waals surface area (Å²) in [7, 11) is 0. The number of hydrogen-bond donors (Lipinski definition) is 1. The summed E-state index contributed by atoms with van der Waals surface area (Å²) in [5.74, 6) is 0.213. The Morgan fingerprint density at radius 1 is 1.38 bits per heavy atom. The number of nitrogens with zero attached hydrogens (tertiary/aromatic N) is 3. The van der Waals surface area contributed by atoms with Crippen LogP contribution in [0.15, 0.2) is 11.4 Å². The second-order valence-corrected chi connectivity index (χ2v) is 8.11. The fraction of sp³-hybridized carbons (Fsp3) is 0.625. The van der Waals surface area contributed by atoms with Crippen LogP contribution in [0.4, 0.5) is 5.82 Å². The smallest absolute Gasteiger partial charge is 0.344 e. The highest BCUT2D eigenvalue weighted by atomic mass is 32.2. The lowest BCUT2D eigenvalue weighted by atomic mass is 9.76. The number of nitrogens with one attached hydrogen (secondary N) is 1. The molecule has 3 heterocycles. The number of amides is 2. The summed E-state index contributed by atoms with van der Waals surface area (Å²) in [6.45, 7) is 0.524. The first-order chi connectivity index (χ1) is 11.5. The maximum atomic E-state index is 13.3. The van der Waals surface area contributed by atoms with Crippen molar-refractivity contribution in [1.82, 2.24) is 15.3 Å². The summed E-state index contributed by atoms with van der Waals surface area (Å²) in [5, 5.41) is 3.04. The minimum absolute atomic E-state index is 0.0647. The number of rotatable bonds is 2. The number of carbonyl (C=O) groups excluding carboxylic acids is 2. The predicted octanol–water partition coefficient (Wildman–Crippen LogP) is 0.552. The number of hydrogen-bond acceptors (Lipinski definition) is 5. The van der Waals surface area contributed by atoms with Crippen molar-refractivity contribution in [2.24, 2.45) is 5.41 Å². The molecule has 2 amide bonds. The Balaban J connectivity index is 1.84. The Kier molecular flexibility index (Phi) is 3.76. The summed E-state index contributed by atoms with van der Waals surface area (Å²) in [4.78, 5) is 36.1. The fourth-order valence-electron chi connectivity index (χ4n) is 4.13. The third kappa shape index (κ3) is 2.23. The molecule has 3 aliphatic rings. The van der Waals surface area contributed by atoms with E-state index in [1.165, 1.54) is 6.26 Å². The maximum Gasteiger partial charge on any atom is 0.344 e. The predicted molar refractivity (Wildman–Crippen MR) is 87.9 cm³/mol. The van der Waals surface area contributed by atoms with Crippen LogP contribution >= 0.6 is 0 Å². The fourth-order valence-corrected chi connectivity index (χ4v) is 4.54. The topological polar surface area (TPSA) is 98.2 Å². The lowest BCUT2D eigenvalue weighted by molar-refractivity contribution is -0.140. The Bertz CT molecular complexity index is 705. The molecule has 1 saturated carbocycles. The lowest BCUT2D eigenvalue weighted by Crippen LogP contribution is -2.56. The molecule has 0 radical (unpaired) electrons. The molecule has 1 aromatic heterocycles. The van der Waals surface area contributed by atoms with Gasteiger partial charge in [-0.15, -0.1) is 0 Å². The van der Waals surface area contributed by atoms with Gasteiger partial charge in [0.15, 0.2) is 0 Å². The van der Waals surface area contributed by atoms with Gasteiger partial charge in [0, 0.05) is 41.9 Å². The van der Waals surface area contributed by atoms with E-state index in [-0.39, 0.29) is 23.0 Å². The van der Waals surface area contributed by atoms with Gasteiger partial charge in [0.1, 0.15) is 17.5 Å². The van der Waals surface area contributed by atoms with Gasteiger partial charge in [-0.05, 0) is 19.3 Å². The van der Waals surface area contributed by atoms with Crippen LogP contribution in [0.5, 0.6) is 0 Å². The Morgan fingerprint density at radius 2 is 2.12 bits per heavy atom. The number of anilines is 1. The van der Waals surface area contributed by atoms with Gasteiger partial charge >= 0.3 is 5.16 Å². The van der Waals surface area contributed by atoms with Crippen LogP contribution in [0.3, 0.4) is 0 Å². The highest BCUT2D eigenvalue weighted by molar-refractivity contribution is 7.90. The number of aromatic nitrogens is 2. The summed E-state index contributed by atoms with van der Waals surface area (Å²) in [6, 6.07) is 0.0647. The summed E-state index contributed by atoms with van der Waals surface area (Å²) in [5.41, 5.74) is -0.223. The van der Waals surface area contributed by atoms with Crippen molar-refractivity contribution in [3.05, 3.63) is 11.8 Å². The van der Waals surface area contributed by atoms with E-state index in [1.54, 1.807) is 11.1 Å². The average Bonchev–Trinajstić information content (AvgIpc) is 3.19. The number of carbonyl (C=O) groups is 2. The van der Waals surface area contributed by atoms with Gasteiger partial charge in [0.2, 0.25) is 11.8 Å². The molecule has 2 atom stereocenters. The molecule has 128 valence electrons. The van der Waals surface area contributed by atoms with Crippen molar-refractivity contribution in [1.29, 1.82) is 0 Å². The summed E-state index contributed by atoms with van der Waals surface area (Å²) in [6.07, 6.45) is 7.97. The lowest BCUT2D eigenvalue weighted by Gasteiger charge is -2.40. The largest absolute Gasteiger partial charge is 0.609 e. The second-order valence-electron chi connectivity index (χ2n) is 6.83. The molecule has 8 heteroatoms. The van der Waals surface area contributed by atoms with Crippen molar-refractivity contribution < 1.29 is 14.1 Å². The van der Waals surface area contributed by atoms with E-state index in [0.717, 1.165) is 31.2 Å². The van der Waals surface area contributed by atoms with E-state index in [1.807, 2.05) is 0 Å². The maximum absolute atomic E-state index is 13.3. The van der Waals surface area contributed by atoms with Gasteiger partial charge < -0.3 is 9.87 Å². The summed E-state index contributed by atoms with van der Waals surface area (Å²) >= 11 is -1.31. The second kappa shape index (κ2) is 5.70. The highest BCUT2D eigenvalue weighted by Crippen LogP contribution is 2.44. The van der Waals surface area contributed by atoms with Gasteiger partial charge in [-0.3, -0.25) is 14.5 Å². The third-order valence-electron chi connectivity index (χ3n) is 5.39. The van der Waals surface area contributed by atoms with Crippen molar-refractivity contribution in [2.75, 3.05) is 17.7 Å². The normalized spacial score (nSPS) is 28.3. The van der Waals surface area contributed by atoms with E-state index in [2.05, 4.69) is 15.3 Å². The summed E-state index contributed by atoms with van der Waals surface area (Å²) < 4.78 is 11.8. The molecule has 4 rings (SSSR count). The molecule has 1 N–H and O–H groups in total. The first kappa shape index (κ1) is 15.8. The molecule has 0 bridgehead atoms. The SMILES string of the molecule is C[S+]([O-])c1ncc2c(n1)N(C1CCCC1)C(=O)C1(CCNC1=O)C2. The zero-order valence-corrected chi connectivity index (χ0v) is 14.4. The monoisotopic (exact) mass is 348 g/mol. The molecular formula is C16H20N4O3S. The quantitative estimate of drug-likeness (QED) is 0.478. The standard InChI is InChI=1S/C16H20N4O3S/c1-24(23)15-18-9-10-8-16(6-7-17-13(16)21)14(22)20(12(10)19-15)11-4-2-3-5-11/h9,11H,2-8H2,1H3,(H,17,21). The molecule has 1 spiro atoms. The van der Waals surface area contributed by atoms with Crippen LogP contribution in [-0.2, 0) is 27.2 Å². The number of fused-ring (bicyclic) bond motifs is 1. The van der Waals surface area contributed by atoms with Gasteiger partial charge in [0.05, 0.1) is 0 Å². The molecule has 2 unspecified atom stereocenters. The van der Waals surface area contributed by atoms with Gasteiger partial charge in [0.25, 0.3) is 0 Å². The van der Waals surface area contributed by atoms with E-state index in [9.17, 15) is 14.1 Å². The van der Waals surface area contributed by atoms with E-state index >= 15 is 0 Å². The average molecular weight is 348 g/mol. The van der Waals surface area contributed by atoms with Crippen LogP contribution < -0.4 is 10.2 Å².